The van der Waals surface area contributed by atoms with Crippen LogP contribution in [-0.2, 0) is 9.59 Å². The summed E-state index contributed by atoms with van der Waals surface area (Å²) in [5, 5.41) is 30.5. The number of rotatable bonds is 32. The fraction of sp³-hybridized carbons (Fsp3) is 0.892. The minimum Gasteiger partial charge on any atom is -0.394 e. The SMILES string of the molecule is CCCCCCCC/C=C\CCCCCC(CC(C(=O)CCCCCCC)C(O)C(O)CO)C(=O)CCCCCCC. The molecule has 0 aliphatic carbocycles. The molecule has 0 fully saturated rings. The van der Waals surface area contributed by atoms with Crippen molar-refractivity contribution in [2.45, 2.75) is 193 Å². The minimum atomic E-state index is -1.37. The van der Waals surface area contributed by atoms with Crippen LogP contribution in [0.2, 0.25) is 0 Å². The Bertz CT molecular complexity index is 646. The third kappa shape index (κ3) is 22.5. The van der Waals surface area contributed by atoms with Crippen LogP contribution in [0.25, 0.3) is 0 Å². The smallest absolute Gasteiger partial charge is 0.138 e. The molecule has 4 unspecified atom stereocenters. The van der Waals surface area contributed by atoms with Gasteiger partial charge in [0.15, 0.2) is 0 Å². The maximum atomic E-state index is 13.4. The summed E-state index contributed by atoms with van der Waals surface area (Å²) < 4.78 is 0. The molecule has 0 amide bonds. The number of carbonyl (C=O) groups excluding carboxylic acids is 2. The number of unbranched alkanes of at least 4 members (excludes halogenated alkanes) is 17. The molecule has 4 atom stereocenters. The average Bonchev–Trinajstić information content (AvgIpc) is 2.99. The summed E-state index contributed by atoms with van der Waals surface area (Å²) in [6.45, 7) is 5.99. The third-order valence-corrected chi connectivity index (χ3v) is 8.77. The van der Waals surface area contributed by atoms with Crippen LogP contribution in [0.4, 0.5) is 0 Å². The molecule has 0 radical (unpaired) electrons. The van der Waals surface area contributed by atoms with Crippen molar-refractivity contribution in [1.82, 2.24) is 0 Å². The van der Waals surface area contributed by atoms with E-state index in [0.717, 1.165) is 96.3 Å². The van der Waals surface area contributed by atoms with Gasteiger partial charge in [0.2, 0.25) is 0 Å². The molecule has 0 heterocycles. The Balaban J connectivity index is 4.97. The van der Waals surface area contributed by atoms with Crippen LogP contribution >= 0.6 is 0 Å². The van der Waals surface area contributed by atoms with Gasteiger partial charge in [-0.2, -0.15) is 0 Å². The van der Waals surface area contributed by atoms with Gasteiger partial charge in [-0.05, 0) is 51.4 Å². The zero-order valence-corrected chi connectivity index (χ0v) is 28.0. The van der Waals surface area contributed by atoms with Gasteiger partial charge in [0.25, 0.3) is 0 Å². The number of aliphatic hydroxyl groups is 3. The lowest BCUT2D eigenvalue weighted by molar-refractivity contribution is -0.134. The number of hydrogen-bond donors (Lipinski definition) is 3. The van der Waals surface area contributed by atoms with E-state index in [0.29, 0.717) is 12.8 Å². The lowest BCUT2D eigenvalue weighted by Gasteiger charge is -2.28. The highest BCUT2D eigenvalue weighted by atomic mass is 16.4. The van der Waals surface area contributed by atoms with Crippen molar-refractivity contribution in [3.05, 3.63) is 12.2 Å². The minimum absolute atomic E-state index is 0.0808. The third-order valence-electron chi connectivity index (χ3n) is 8.77. The number of aliphatic hydroxyl groups excluding tert-OH is 3. The van der Waals surface area contributed by atoms with E-state index in [-0.39, 0.29) is 23.9 Å². The van der Waals surface area contributed by atoms with E-state index in [4.69, 9.17) is 0 Å². The van der Waals surface area contributed by atoms with Crippen molar-refractivity contribution < 1.29 is 24.9 Å². The largest absolute Gasteiger partial charge is 0.394 e. The van der Waals surface area contributed by atoms with Gasteiger partial charge < -0.3 is 15.3 Å². The molecule has 248 valence electrons. The topological polar surface area (TPSA) is 94.8 Å². The van der Waals surface area contributed by atoms with E-state index in [2.05, 4.69) is 32.9 Å². The van der Waals surface area contributed by atoms with Crippen LogP contribution < -0.4 is 0 Å². The second-order valence-corrected chi connectivity index (χ2v) is 12.7. The molecule has 0 spiro atoms. The Morgan fingerprint density at radius 3 is 1.50 bits per heavy atom. The van der Waals surface area contributed by atoms with Gasteiger partial charge >= 0.3 is 0 Å². The van der Waals surface area contributed by atoms with Crippen molar-refractivity contribution >= 4 is 11.6 Å². The van der Waals surface area contributed by atoms with Crippen LogP contribution in [-0.4, -0.2) is 45.7 Å². The molecule has 0 saturated carbocycles. The second kappa shape index (κ2) is 30.0. The Hall–Kier alpha value is -1.04. The van der Waals surface area contributed by atoms with E-state index in [1.807, 2.05) is 0 Å². The first kappa shape index (κ1) is 41.0. The van der Waals surface area contributed by atoms with Crippen molar-refractivity contribution in [3.63, 3.8) is 0 Å². The zero-order valence-electron chi connectivity index (χ0n) is 28.0. The van der Waals surface area contributed by atoms with Gasteiger partial charge in [-0.15, -0.1) is 0 Å². The summed E-state index contributed by atoms with van der Waals surface area (Å²) in [5.74, 6) is -0.981. The van der Waals surface area contributed by atoms with Gasteiger partial charge in [0.1, 0.15) is 17.7 Å². The number of hydrogen-bond acceptors (Lipinski definition) is 5. The molecule has 5 nitrogen and oxygen atoms in total. The number of Topliss-reactive ketones (excluding diaryl/α,β-unsaturated/α-hetero) is 2. The molecule has 0 aromatic rings. The number of allylic oxidation sites excluding steroid dienone is 2. The van der Waals surface area contributed by atoms with Crippen LogP contribution in [0.1, 0.15) is 181 Å². The Morgan fingerprint density at radius 2 is 1.00 bits per heavy atom. The van der Waals surface area contributed by atoms with E-state index < -0.39 is 24.7 Å². The van der Waals surface area contributed by atoms with Gasteiger partial charge in [0.05, 0.1) is 12.7 Å². The normalized spacial score (nSPS) is 14.7. The fourth-order valence-electron chi connectivity index (χ4n) is 5.86. The van der Waals surface area contributed by atoms with Crippen molar-refractivity contribution in [2.24, 2.45) is 11.8 Å². The van der Waals surface area contributed by atoms with Gasteiger partial charge in [0, 0.05) is 24.7 Å². The first-order valence-electron chi connectivity index (χ1n) is 18.1. The molecule has 0 aliphatic heterocycles. The zero-order chi connectivity index (χ0) is 31.3. The summed E-state index contributed by atoms with van der Waals surface area (Å²) in [6, 6.07) is 0. The van der Waals surface area contributed by atoms with E-state index in [1.54, 1.807) is 0 Å². The summed E-state index contributed by atoms with van der Waals surface area (Å²) in [4.78, 5) is 26.6. The van der Waals surface area contributed by atoms with Crippen LogP contribution in [0.15, 0.2) is 12.2 Å². The highest BCUT2D eigenvalue weighted by molar-refractivity contribution is 5.84. The molecule has 42 heavy (non-hydrogen) atoms. The maximum absolute atomic E-state index is 13.4. The standard InChI is InChI=1S/C37H70O5/c1-4-7-10-13-14-15-16-17-18-19-20-23-24-27-32(34(39)28-25-21-11-8-5-2)30-33(37(42)36(41)31-38)35(40)29-26-22-12-9-6-3/h17-18,32-33,36-38,41-42H,4-16,19-31H2,1-3H3/b18-17-. The lowest BCUT2D eigenvalue weighted by Crippen LogP contribution is -2.41. The van der Waals surface area contributed by atoms with Gasteiger partial charge in [-0.3, -0.25) is 9.59 Å². The lowest BCUT2D eigenvalue weighted by atomic mass is 9.79. The van der Waals surface area contributed by atoms with Gasteiger partial charge in [-0.1, -0.05) is 129 Å². The monoisotopic (exact) mass is 595 g/mol. The number of ketones is 2. The summed E-state index contributed by atoms with van der Waals surface area (Å²) in [6.07, 6.45) is 27.5. The number of carbonyl (C=O) groups is 2. The van der Waals surface area contributed by atoms with E-state index >= 15 is 0 Å². The predicted molar refractivity (Wildman–Crippen MR) is 178 cm³/mol. The van der Waals surface area contributed by atoms with Crippen LogP contribution in [0, 0.1) is 11.8 Å². The molecule has 0 aromatic carbocycles. The highest BCUT2D eigenvalue weighted by Crippen LogP contribution is 2.28. The predicted octanol–water partition coefficient (Wildman–Crippen LogP) is 9.44. The molecular weight excluding hydrogens is 524 g/mol. The molecular formula is C37H70O5. The fourth-order valence-corrected chi connectivity index (χ4v) is 5.86. The van der Waals surface area contributed by atoms with E-state index in [9.17, 15) is 24.9 Å². The highest BCUT2D eigenvalue weighted by Gasteiger charge is 2.34. The molecule has 3 N–H and O–H groups in total. The molecule has 0 aliphatic rings. The quantitative estimate of drug-likeness (QED) is 0.0532. The van der Waals surface area contributed by atoms with Crippen LogP contribution in [0.5, 0.6) is 0 Å². The van der Waals surface area contributed by atoms with Gasteiger partial charge in [-0.25, -0.2) is 0 Å². The Kier molecular flexibility index (Phi) is 29.3. The molecule has 5 heteroatoms. The molecule has 0 aromatic heterocycles. The van der Waals surface area contributed by atoms with Crippen molar-refractivity contribution in [3.8, 4) is 0 Å². The first-order chi connectivity index (χ1) is 20.4. The first-order valence-corrected chi connectivity index (χ1v) is 18.1. The van der Waals surface area contributed by atoms with Crippen molar-refractivity contribution in [1.29, 1.82) is 0 Å². The van der Waals surface area contributed by atoms with E-state index in [1.165, 1.54) is 44.9 Å². The summed E-state index contributed by atoms with van der Waals surface area (Å²) in [7, 11) is 0. The Labute approximate surface area is 260 Å². The average molecular weight is 595 g/mol. The Morgan fingerprint density at radius 1 is 0.571 bits per heavy atom. The molecule has 0 rings (SSSR count). The van der Waals surface area contributed by atoms with Crippen LogP contribution in [0.3, 0.4) is 0 Å². The summed E-state index contributed by atoms with van der Waals surface area (Å²) >= 11 is 0. The second-order valence-electron chi connectivity index (χ2n) is 12.7. The van der Waals surface area contributed by atoms with Crippen molar-refractivity contribution in [2.75, 3.05) is 6.61 Å². The molecule has 0 saturated heterocycles. The molecule has 0 bridgehead atoms. The summed E-state index contributed by atoms with van der Waals surface area (Å²) in [5.41, 5.74) is 0. The maximum Gasteiger partial charge on any atom is 0.138 e.